The normalized spacial score (nSPS) is 14.9. The lowest BCUT2D eigenvalue weighted by atomic mass is 10.2. The van der Waals surface area contributed by atoms with Crippen LogP contribution in [0.15, 0.2) is 24.3 Å². The second-order valence-corrected chi connectivity index (χ2v) is 6.79. The van der Waals surface area contributed by atoms with Gasteiger partial charge in [-0.25, -0.2) is 0 Å². The van der Waals surface area contributed by atoms with Crippen LogP contribution in [0.1, 0.15) is 17.8 Å². The third kappa shape index (κ3) is 3.27. The van der Waals surface area contributed by atoms with Gasteiger partial charge in [0.2, 0.25) is 0 Å². The molecule has 3 nitrogen and oxygen atoms in total. The number of rotatable bonds is 5. The summed E-state index contributed by atoms with van der Waals surface area (Å²) in [5.74, 6) is 0. The van der Waals surface area contributed by atoms with Crippen molar-refractivity contribution < 1.29 is 0 Å². The number of nitrogens with zero attached hydrogens (tertiary/aromatic N) is 2. The molecule has 0 amide bonds. The highest BCUT2D eigenvalue weighted by Crippen LogP contribution is 2.24. The topological polar surface area (TPSA) is 37.8 Å². The Hall–Kier alpha value is -0.530. The molecule has 94 valence electrons. The molecule has 0 spiro atoms. The van der Waals surface area contributed by atoms with Crippen LogP contribution in [0, 0.1) is 3.57 Å². The highest BCUT2D eigenvalue weighted by molar-refractivity contribution is 14.1. The molecule has 0 atom stereocenters. The Morgan fingerprint density at radius 3 is 2.72 bits per heavy atom. The van der Waals surface area contributed by atoms with E-state index >= 15 is 0 Å². The summed E-state index contributed by atoms with van der Waals surface area (Å²) in [7, 11) is 0. The average Bonchev–Trinajstić information content (AvgIpc) is 3.08. The number of benzene rings is 1. The zero-order chi connectivity index (χ0) is 12.4. The lowest BCUT2D eigenvalue weighted by Gasteiger charge is -1.98. The van der Waals surface area contributed by atoms with Gasteiger partial charge in [-0.05, 0) is 47.6 Å². The van der Waals surface area contributed by atoms with Crippen LogP contribution in [0.25, 0.3) is 10.6 Å². The van der Waals surface area contributed by atoms with Crippen molar-refractivity contribution in [3.8, 4) is 10.6 Å². The molecule has 0 radical (unpaired) electrons. The van der Waals surface area contributed by atoms with Crippen molar-refractivity contribution in [2.24, 2.45) is 0 Å². The summed E-state index contributed by atoms with van der Waals surface area (Å²) in [5, 5.41) is 14.2. The van der Waals surface area contributed by atoms with Gasteiger partial charge in [-0.1, -0.05) is 23.5 Å². The zero-order valence-corrected chi connectivity index (χ0v) is 12.9. The van der Waals surface area contributed by atoms with Crippen molar-refractivity contribution in [1.82, 2.24) is 15.5 Å². The SMILES string of the molecule is Ic1ccc(-c2nnc(CCNC3CC3)s2)cc1. The molecule has 1 saturated carbocycles. The highest BCUT2D eigenvalue weighted by Gasteiger charge is 2.19. The lowest BCUT2D eigenvalue weighted by Crippen LogP contribution is -2.19. The molecule has 1 aliphatic rings. The molecule has 0 bridgehead atoms. The van der Waals surface area contributed by atoms with Gasteiger partial charge < -0.3 is 5.32 Å². The summed E-state index contributed by atoms with van der Waals surface area (Å²) in [6.45, 7) is 1.02. The first-order valence-corrected chi connectivity index (χ1v) is 8.02. The van der Waals surface area contributed by atoms with Crippen molar-refractivity contribution in [3.63, 3.8) is 0 Å². The Morgan fingerprint density at radius 1 is 1.22 bits per heavy atom. The van der Waals surface area contributed by atoms with Crippen LogP contribution in [0.5, 0.6) is 0 Å². The van der Waals surface area contributed by atoms with E-state index in [1.54, 1.807) is 11.3 Å². The molecule has 0 saturated heterocycles. The minimum absolute atomic E-state index is 0.772. The molecule has 1 fully saturated rings. The van der Waals surface area contributed by atoms with Crippen LogP contribution in [0.4, 0.5) is 0 Å². The molecular weight excluding hydrogens is 357 g/mol. The van der Waals surface area contributed by atoms with E-state index in [1.807, 2.05) is 0 Å². The van der Waals surface area contributed by atoms with Gasteiger partial charge >= 0.3 is 0 Å². The molecule has 1 N–H and O–H groups in total. The van der Waals surface area contributed by atoms with Crippen LogP contribution in [0.3, 0.4) is 0 Å². The highest BCUT2D eigenvalue weighted by atomic mass is 127. The number of nitrogens with one attached hydrogen (secondary N) is 1. The average molecular weight is 371 g/mol. The molecule has 3 rings (SSSR count). The van der Waals surface area contributed by atoms with E-state index in [2.05, 4.69) is 62.4 Å². The van der Waals surface area contributed by atoms with Gasteiger partial charge in [-0.3, -0.25) is 0 Å². The fourth-order valence-electron chi connectivity index (χ4n) is 1.73. The van der Waals surface area contributed by atoms with Crippen LogP contribution in [-0.2, 0) is 6.42 Å². The molecular formula is C13H14IN3S. The predicted molar refractivity (Wildman–Crippen MR) is 82.8 cm³/mol. The standard InChI is InChI=1S/C13H14IN3S/c14-10-3-1-9(2-4-10)13-17-16-12(18-13)7-8-15-11-5-6-11/h1-4,11,15H,5-8H2. The first-order chi connectivity index (χ1) is 8.81. The van der Waals surface area contributed by atoms with E-state index < -0.39 is 0 Å². The summed E-state index contributed by atoms with van der Waals surface area (Å²) in [4.78, 5) is 0. The van der Waals surface area contributed by atoms with E-state index in [0.29, 0.717) is 0 Å². The number of hydrogen-bond donors (Lipinski definition) is 1. The van der Waals surface area contributed by atoms with Gasteiger partial charge in [0.15, 0.2) is 0 Å². The third-order valence-corrected chi connectivity index (χ3v) is 4.66. The van der Waals surface area contributed by atoms with E-state index in [0.717, 1.165) is 34.6 Å². The van der Waals surface area contributed by atoms with Gasteiger partial charge in [0.25, 0.3) is 0 Å². The van der Waals surface area contributed by atoms with Crippen molar-refractivity contribution >= 4 is 33.9 Å². The summed E-state index contributed by atoms with van der Waals surface area (Å²) >= 11 is 4.01. The number of aromatic nitrogens is 2. The Balaban J connectivity index is 1.62. The monoisotopic (exact) mass is 371 g/mol. The van der Waals surface area contributed by atoms with Crippen molar-refractivity contribution in [2.45, 2.75) is 25.3 Å². The van der Waals surface area contributed by atoms with Gasteiger partial charge in [0.05, 0.1) is 0 Å². The molecule has 1 aliphatic carbocycles. The third-order valence-electron chi connectivity index (χ3n) is 2.91. The van der Waals surface area contributed by atoms with E-state index in [9.17, 15) is 0 Å². The first-order valence-electron chi connectivity index (χ1n) is 6.13. The summed E-state index contributed by atoms with van der Waals surface area (Å²) < 4.78 is 1.25. The fraction of sp³-hybridized carbons (Fsp3) is 0.385. The molecule has 1 heterocycles. The maximum absolute atomic E-state index is 4.27. The second-order valence-electron chi connectivity index (χ2n) is 4.49. The largest absolute Gasteiger partial charge is 0.314 e. The van der Waals surface area contributed by atoms with Crippen molar-refractivity contribution in [3.05, 3.63) is 32.8 Å². The molecule has 1 aromatic carbocycles. The minimum atomic E-state index is 0.772. The van der Waals surface area contributed by atoms with Crippen LogP contribution in [-0.4, -0.2) is 22.8 Å². The maximum atomic E-state index is 4.27. The summed E-state index contributed by atoms with van der Waals surface area (Å²) in [6.07, 6.45) is 3.66. The molecule has 0 aliphatic heterocycles. The van der Waals surface area contributed by atoms with Gasteiger partial charge in [0, 0.05) is 28.1 Å². The minimum Gasteiger partial charge on any atom is -0.314 e. The molecule has 2 aromatic rings. The van der Waals surface area contributed by atoms with E-state index in [4.69, 9.17) is 0 Å². The number of halogens is 1. The quantitative estimate of drug-likeness (QED) is 0.821. The van der Waals surface area contributed by atoms with Gasteiger partial charge in [-0.2, -0.15) is 0 Å². The molecule has 18 heavy (non-hydrogen) atoms. The van der Waals surface area contributed by atoms with E-state index in [1.165, 1.54) is 16.4 Å². The van der Waals surface area contributed by atoms with Crippen LogP contribution in [0.2, 0.25) is 0 Å². The number of hydrogen-bond acceptors (Lipinski definition) is 4. The van der Waals surface area contributed by atoms with Crippen molar-refractivity contribution in [1.29, 1.82) is 0 Å². The second kappa shape index (κ2) is 5.63. The fourth-order valence-corrected chi connectivity index (χ4v) is 2.94. The Bertz CT molecular complexity index is 519. The summed E-state index contributed by atoms with van der Waals surface area (Å²) in [6, 6.07) is 9.19. The smallest absolute Gasteiger partial charge is 0.147 e. The zero-order valence-electron chi connectivity index (χ0n) is 9.90. The Labute approximate surface area is 124 Å². The molecule has 5 heteroatoms. The maximum Gasteiger partial charge on any atom is 0.147 e. The lowest BCUT2D eigenvalue weighted by molar-refractivity contribution is 0.677. The first kappa shape index (κ1) is 12.5. The van der Waals surface area contributed by atoms with Crippen LogP contribution >= 0.6 is 33.9 Å². The van der Waals surface area contributed by atoms with Gasteiger partial charge in [-0.15, -0.1) is 10.2 Å². The Morgan fingerprint density at radius 2 is 2.00 bits per heavy atom. The van der Waals surface area contributed by atoms with Crippen molar-refractivity contribution in [2.75, 3.05) is 6.54 Å². The van der Waals surface area contributed by atoms with Crippen LogP contribution < -0.4 is 5.32 Å². The predicted octanol–water partition coefficient (Wildman–Crippen LogP) is 3.10. The van der Waals surface area contributed by atoms with Gasteiger partial charge in [0.1, 0.15) is 10.0 Å². The molecule has 0 unspecified atom stereocenters. The molecule has 1 aromatic heterocycles. The van der Waals surface area contributed by atoms with E-state index in [-0.39, 0.29) is 0 Å². The summed E-state index contributed by atoms with van der Waals surface area (Å²) in [5.41, 5.74) is 1.16. The Kier molecular flexibility index (Phi) is 3.91.